The van der Waals surface area contributed by atoms with Crippen LogP contribution in [0.4, 0.5) is 0 Å². The van der Waals surface area contributed by atoms with Crippen LogP contribution in [-0.2, 0) is 4.79 Å². The molecule has 0 spiro atoms. The molecule has 1 aromatic rings. The molecule has 1 aromatic carbocycles. The summed E-state index contributed by atoms with van der Waals surface area (Å²) in [5.41, 5.74) is 1.28. The van der Waals surface area contributed by atoms with Crippen molar-refractivity contribution >= 4 is 47.4 Å². The number of hydrogen-bond donors (Lipinski definition) is 3. The van der Waals surface area contributed by atoms with Crippen molar-refractivity contribution in [3.05, 3.63) is 34.9 Å². The number of hydrogen-bond acceptors (Lipinski definition) is 2. The zero-order valence-electron chi connectivity index (χ0n) is 16.9. The van der Waals surface area contributed by atoms with Crippen LogP contribution in [0.25, 0.3) is 0 Å². The Morgan fingerprint density at radius 3 is 2.68 bits per heavy atom. The Labute approximate surface area is 190 Å². The minimum absolute atomic E-state index is 0. The zero-order chi connectivity index (χ0) is 19.4. The van der Waals surface area contributed by atoms with E-state index >= 15 is 0 Å². The number of aliphatic imine (C=N–C) groups is 1. The molecule has 0 heterocycles. The van der Waals surface area contributed by atoms with Gasteiger partial charge in [-0.3, -0.25) is 9.79 Å². The van der Waals surface area contributed by atoms with E-state index in [1.165, 1.54) is 5.56 Å². The van der Waals surface area contributed by atoms with Gasteiger partial charge in [-0.05, 0) is 57.2 Å². The predicted molar refractivity (Wildman–Crippen MR) is 127 cm³/mol. The average Bonchev–Trinajstić information content (AvgIpc) is 3.40. The normalized spacial score (nSPS) is 27.0. The lowest BCUT2D eigenvalue weighted by Gasteiger charge is -2.30. The minimum Gasteiger partial charge on any atom is -0.354 e. The van der Waals surface area contributed by atoms with E-state index in [0.717, 1.165) is 43.1 Å². The molecule has 2 fully saturated rings. The van der Waals surface area contributed by atoms with Crippen molar-refractivity contribution in [1.82, 2.24) is 16.0 Å². The highest BCUT2D eigenvalue weighted by Gasteiger charge is 2.39. The van der Waals surface area contributed by atoms with Crippen molar-refractivity contribution in [2.75, 3.05) is 7.05 Å². The molecule has 3 N–H and O–H groups in total. The molecule has 156 valence electrons. The average molecular weight is 519 g/mol. The van der Waals surface area contributed by atoms with Gasteiger partial charge in [0.2, 0.25) is 5.91 Å². The van der Waals surface area contributed by atoms with Gasteiger partial charge in [-0.15, -0.1) is 24.0 Å². The van der Waals surface area contributed by atoms with Gasteiger partial charge >= 0.3 is 0 Å². The molecular weight excluding hydrogens is 487 g/mol. The summed E-state index contributed by atoms with van der Waals surface area (Å²) in [5, 5.41) is 10.9. The van der Waals surface area contributed by atoms with E-state index in [4.69, 9.17) is 11.6 Å². The maximum Gasteiger partial charge on any atom is 0.223 e. The van der Waals surface area contributed by atoms with Gasteiger partial charge in [0.05, 0.1) is 0 Å². The van der Waals surface area contributed by atoms with Crippen molar-refractivity contribution in [3.8, 4) is 0 Å². The Balaban J connectivity index is 0.00000280. The lowest BCUT2D eigenvalue weighted by Crippen LogP contribution is -2.48. The molecule has 1 amide bonds. The first-order valence-corrected chi connectivity index (χ1v) is 10.4. The third-order valence-electron chi connectivity index (χ3n) is 5.43. The maximum atomic E-state index is 12.3. The van der Waals surface area contributed by atoms with Crippen LogP contribution in [0.15, 0.2) is 29.3 Å². The summed E-state index contributed by atoms with van der Waals surface area (Å²) in [7, 11) is 1.80. The number of nitrogens with zero attached hydrogens (tertiary/aromatic N) is 1. The predicted octanol–water partition coefficient (Wildman–Crippen LogP) is 4.06. The summed E-state index contributed by atoms with van der Waals surface area (Å²) in [6, 6.07) is 8.96. The zero-order valence-corrected chi connectivity index (χ0v) is 20.0. The van der Waals surface area contributed by atoms with E-state index in [0.29, 0.717) is 12.0 Å². The Bertz CT molecular complexity index is 697. The molecule has 28 heavy (non-hydrogen) atoms. The molecule has 2 aliphatic carbocycles. The fourth-order valence-electron chi connectivity index (χ4n) is 3.96. The van der Waals surface area contributed by atoms with E-state index < -0.39 is 0 Å². The van der Waals surface area contributed by atoms with Crippen LogP contribution in [-0.4, -0.2) is 37.0 Å². The van der Waals surface area contributed by atoms with E-state index in [2.05, 4.69) is 27.0 Å². The van der Waals surface area contributed by atoms with Crippen LogP contribution in [0.3, 0.4) is 0 Å². The third kappa shape index (κ3) is 6.51. The molecule has 0 radical (unpaired) electrons. The molecule has 2 aliphatic rings. The van der Waals surface area contributed by atoms with Gasteiger partial charge in [0, 0.05) is 42.0 Å². The summed E-state index contributed by atoms with van der Waals surface area (Å²) >= 11 is 6.11. The van der Waals surface area contributed by atoms with Crippen LogP contribution < -0.4 is 16.0 Å². The van der Waals surface area contributed by atoms with Crippen LogP contribution in [0.5, 0.6) is 0 Å². The topological polar surface area (TPSA) is 65.5 Å². The largest absolute Gasteiger partial charge is 0.354 e. The monoisotopic (exact) mass is 518 g/mol. The molecule has 7 heteroatoms. The lowest BCUT2D eigenvalue weighted by molar-refractivity contribution is -0.126. The van der Waals surface area contributed by atoms with Crippen molar-refractivity contribution < 1.29 is 4.79 Å². The molecule has 4 atom stereocenters. The van der Waals surface area contributed by atoms with Crippen LogP contribution in [0.1, 0.15) is 57.4 Å². The number of carbonyl (C=O) groups excluding carboxylic acids is 1. The van der Waals surface area contributed by atoms with Gasteiger partial charge in [0.25, 0.3) is 0 Å². The summed E-state index contributed by atoms with van der Waals surface area (Å²) < 4.78 is 0. The molecule has 5 nitrogen and oxygen atoms in total. The molecule has 3 rings (SSSR count). The first-order chi connectivity index (χ1) is 13.0. The van der Waals surface area contributed by atoms with Crippen molar-refractivity contribution in [2.24, 2.45) is 10.9 Å². The highest BCUT2D eigenvalue weighted by Crippen LogP contribution is 2.41. The Kier molecular flexibility index (Phi) is 8.86. The Morgan fingerprint density at radius 1 is 1.21 bits per heavy atom. The second-order valence-corrected chi connectivity index (χ2v) is 8.52. The first-order valence-electron chi connectivity index (χ1n) is 10.0. The number of benzene rings is 1. The van der Waals surface area contributed by atoms with E-state index in [1.807, 2.05) is 32.0 Å². The van der Waals surface area contributed by atoms with Crippen LogP contribution >= 0.6 is 35.6 Å². The SMILES string of the molecule is CN=C(NC1CCCC(C(=O)NC(C)C)C1)NC1CC1c1cccc(Cl)c1.I. The van der Waals surface area contributed by atoms with E-state index in [1.54, 1.807) is 7.05 Å². The van der Waals surface area contributed by atoms with Gasteiger partial charge in [0.15, 0.2) is 5.96 Å². The number of guanidine groups is 1. The highest BCUT2D eigenvalue weighted by atomic mass is 127. The lowest BCUT2D eigenvalue weighted by atomic mass is 9.85. The van der Waals surface area contributed by atoms with Gasteiger partial charge in [-0.1, -0.05) is 30.2 Å². The van der Waals surface area contributed by atoms with E-state index in [-0.39, 0.29) is 47.9 Å². The Morgan fingerprint density at radius 2 is 2.00 bits per heavy atom. The number of carbonyl (C=O) groups is 1. The molecule has 2 saturated carbocycles. The van der Waals surface area contributed by atoms with Crippen molar-refractivity contribution in [3.63, 3.8) is 0 Å². The number of nitrogens with one attached hydrogen (secondary N) is 3. The van der Waals surface area contributed by atoms with Gasteiger partial charge < -0.3 is 16.0 Å². The summed E-state index contributed by atoms with van der Waals surface area (Å²) in [4.78, 5) is 16.7. The second-order valence-electron chi connectivity index (χ2n) is 8.09. The standard InChI is InChI=1S/C21H31ClN4O.HI/c1-13(2)24-20(27)15-7-5-9-17(11-15)25-21(23-3)26-19-12-18(19)14-6-4-8-16(22)10-14;/h4,6,8,10,13,15,17-19H,5,7,9,11-12H2,1-3H3,(H,24,27)(H2,23,25,26);1H. The highest BCUT2D eigenvalue weighted by molar-refractivity contribution is 14.0. The quantitative estimate of drug-likeness (QED) is 0.313. The van der Waals surface area contributed by atoms with Crippen LogP contribution in [0, 0.1) is 5.92 Å². The van der Waals surface area contributed by atoms with Gasteiger partial charge in [-0.25, -0.2) is 0 Å². The Hall–Kier alpha value is -1.02. The fourth-order valence-corrected chi connectivity index (χ4v) is 4.16. The number of halogens is 2. The van der Waals surface area contributed by atoms with Crippen molar-refractivity contribution in [2.45, 2.75) is 70.0 Å². The molecule has 0 aliphatic heterocycles. The molecule has 0 bridgehead atoms. The first kappa shape index (κ1) is 23.3. The fraction of sp³-hybridized carbons (Fsp3) is 0.619. The molecular formula is C21H32ClIN4O. The summed E-state index contributed by atoms with van der Waals surface area (Å²) in [6.45, 7) is 4.02. The number of rotatable bonds is 5. The smallest absolute Gasteiger partial charge is 0.223 e. The molecule has 0 aromatic heterocycles. The van der Waals surface area contributed by atoms with Gasteiger partial charge in [0.1, 0.15) is 0 Å². The molecule has 0 saturated heterocycles. The third-order valence-corrected chi connectivity index (χ3v) is 5.66. The summed E-state index contributed by atoms with van der Waals surface area (Å²) in [5.74, 6) is 1.59. The minimum atomic E-state index is 0. The summed E-state index contributed by atoms with van der Waals surface area (Å²) in [6.07, 6.45) is 5.07. The van der Waals surface area contributed by atoms with Gasteiger partial charge in [-0.2, -0.15) is 0 Å². The second kappa shape index (κ2) is 10.7. The maximum absolute atomic E-state index is 12.3. The number of amides is 1. The van der Waals surface area contributed by atoms with Crippen LogP contribution in [0.2, 0.25) is 5.02 Å². The van der Waals surface area contributed by atoms with Crippen molar-refractivity contribution in [1.29, 1.82) is 0 Å². The molecule has 4 unspecified atom stereocenters. The van der Waals surface area contributed by atoms with E-state index in [9.17, 15) is 4.79 Å².